The zero-order valence-electron chi connectivity index (χ0n) is 13.5. The molecular weight excluding hydrogens is 296 g/mol. The van der Waals surface area contributed by atoms with Gasteiger partial charge >= 0.3 is 5.97 Å². The fraction of sp³-hybridized carbons (Fsp3) is 0.529. The molecule has 1 N–H and O–H groups in total. The Morgan fingerprint density at radius 1 is 1.30 bits per heavy atom. The normalized spacial score (nSPS) is 24.1. The molecule has 2 heterocycles. The molecule has 2 saturated heterocycles. The molecule has 1 unspecified atom stereocenters. The quantitative estimate of drug-likeness (QED) is 0.891. The van der Waals surface area contributed by atoms with Crippen LogP contribution in [0.2, 0.25) is 0 Å². The lowest BCUT2D eigenvalue weighted by molar-refractivity contribution is -0.143. The molecule has 1 aromatic rings. The Kier molecular flexibility index (Phi) is 4.12. The van der Waals surface area contributed by atoms with E-state index < -0.39 is 17.7 Å². The van der Waals surface area contributed by atoms with Gasteiger partial charge in [0.2, 0.25) is 0 Å². The average Bonchev–Trinajstić information content (AvgIpc) is 2.89. The van der Waals surface area contributed by atoms with Gasteiger partial charge in [-0.05, 0) is 26.1 Å². The van der Waals surface area contributed by atoms with E-state index in [9.17, 15) is 14.7 Å². The molecule has 0 aliphatic carbocycles. The molecule has 2 aliphatic rings. The number of carbonyl (C=O) groups is 2. The zero-order valence-corrected chi connectivity index (χ0v) is 13.5. The van der Waals surface area contributed by atoms with Crippen LogP contribution >= 0.6 is 0 Å². The summed E-state index contributed by atoms with van der Waals surface area (Å²) in [5.41, 5.74) is 0.691. The first-order chi connectivity index (χ1) is 10.9. The van der Waals surface area contributed by atoms with Crippen molar-refractivity contribution in [3.8, 4) is 0 Å². The lowest BCUT2D eigenvalue weighted by Gasteiger charge is -2.43. The number of piperidine rings is 1. The number of carbonyl (C=O) groups excluding carboxylic acids is 1. The van der Waals surface area contributed by atoms with Crippen LogP contribution in [-0.4, -0.2) is 65.3 Å². The summed E-state index contributed by atoms with van der Waals surface area (Å²) in [6.45, 7) is 3.53. The fourth-order valence-electron chi connectivity index (χ4n) is 3.44. The second kappa shape index (κ2) is 5.94. The van der Waals surface area contributed by atoms with Crippen molar-refractivity contribution in [2.24, 2.45) is 0 Å². The molecule has 1 aromatic carbocycles. The van der Waals surface area contributed by atoms with Crippen molar-refractivity contribution in [3.05, 3.63) is 35.4 Å². The number of benzene rings is 1. The Bertz CT molecular complexity index is 623. The molecule has 0 bridgehead atoms. The molecule has 1 spiro atoms. The molecule has 3 rings (SSSR count). The maximum atomic E-state index is 13.0. The summed E-state index contributed by atoms with van der Waals surface area (Å²) >= 11 is 0. The Labute approximate surface area is 135 Å². The molecule has 2 fully saturated rings. The highest BCUT2D eigenvalue weighted by Gasteiger charge is 2.53. The van der Waals surface area contributed by atoms with Crippen molar-refractivity contribution in [2.75, 3.05) is 26.7 Å². The highest BCUT2D eigenvalue weighted by atomic mass is 16.5. The van der Waals surface area contributed by atoms with Crippen LogP contribution in [0.5, 0.6) is 0 Å². The number of rotatable bonds is 2. The minimum Gasteiger partial charge on any atom is -0.480 e. The second-order valence-corrected chi connectivity index (χ2v) is 6.46. The van der Waals surface area contributed by atoms with E-state index in [1.165, 1.54) is 4.90 Å². The summed E-state index contributed by atoms with van der Waals surface area (Å²) in [5.74, 6) is -1.27. The number of amides is 1. The Morgan fingerprint density at radius 3 is 2.61 bits per heavy atom. The Morgan fingerprint density at radius 2 is 2.00 bits per heavy atom. The third-order valence-electron chi connectivity index (χ3n) is 4.80. The SMILES string of the molecule is Cc1cccc(C(=O)N2C(C(=O)O)COC23CCN(C)CC3)c1. The van der Waals surface area contributed by atoms with Gasteiger partial charge in [0, 0.05) is 31.5 Å². The van der Waals surface area contributed by atoms with Crippen molar-refractivity contribution in [1.29, 1.82) is 0 Å². The highest BCUT2D eigenvalue weighted by molar-refractivity contribution is 5.97. The van der Waals surface area contributed by atoms with E-state index >= 15 is 0 Å². The summed E-state index contributed by atoms with van der Waals surface area (Å²) in [5, 5.41) is 9.52. The molecular formula is C17H22N2O4. The van der Waals surface area contributed by atoms with Gasteiger partial charge in [0.25, 0.3) is 5.91 Å². The third-order valence-corrected chi connectivity index (χ3v) is 4.80. The molecule has 0 radical (unpaired) electrons. The summed E-state index contributed by atoms with van der Waals surface area (Å²) in [7, 11) is 2.02. The van der Waals surface area contributed by atoms with E-state index in [1.54, 1.807) is 12.1 Å². The van der Waals surface area contributed by atoms with Gasteiger partial charge in [-0.3, -0.25) is 9.69 Å². The Hall–Kier alpha value is -1.92. The number of aliphatic carboxylic acids is 1. The van der Waals surface area contributed by atoms with Crippen LogP contribution in [0.15, 0.2) is 24.3 Å². The second-order valence-electron chi connectivity index (χ2n) is 6.46. The minimum absolute atomic E-state index is 0.0522. The van der Waals surface area contributed by atoms with E-state index in [0.29, 0.717) is 18.4 Å². The standard InChI is InChI=1S/C17H22N2O4/c1-12-4-3-5-13(10-12)15(20)19-14(16(21)22)11-23-17(19)6-8-18(2)9-7-17/h3-5,10,14H,6-9,11H2,1-2H3,(H,21,22). The number of aryl methyl sites for hydroxylation is 1. The van der Waals surface area contributed by atoms with E-state index in [4.69, 9.17) is 4.74 Å². The number of likely N-dealkylation sites (tertiary alicyclic amines) is 1. The van der Waals surface area contributed by atoms with Crippen LogP contribution in [-0.2, 0) is 9.53 Å². The molecule has 0 aromatic heterocycles. The average molecular weight is 318 g/mol. The lowest BCUT2D eigenvalue weighted by Crippen LogP contribution is -2.57. The van der Waals surface area contributed by atoms with Crippen molar-refractivity contribution in [2.45, 2.75) is 31.5 Å². The number of nitrogens with zero attached hydrogens (tertiary/aromatic N) is 2. The van der Waals surface area contributed by atoms with Crippen LogP contribution in [0.1, 0.15) is 28.8 Å². The fourth-order valence-corrected chi connectivity index (χ4v) is 3.44. The maximum absolute atomic E-state index is 13.0. The summed E-state index contributed by atoms with van der Waals surface area (Å²) in [6, 6.07) is 6.33. The molecule has 1 atom stereocenters. The number of carboxylic acids is 1. The monoisotopic (exact) mass is 318 g/mol. The summed E-state index contributed by atoms with van der Waals surface area (Å²) < 4.78 is 5.89. The highest BCUT2D eigenvalue weighted by Crippen LogP contribution is 2.38. The molecule has 2 aliphatic heterocycles. The van der Waals surface area contributed by atoms with Crippen molar-refractivity contribution in [1.82, 2.24) is 9.80 Å². The van der Waals surface area contributed by atoms with Crippen molar-refractivity contribution >= 4 is 11.9 Å². The van der Waals surface area contributed by atoms with Crippen molar-refractivity contribution < 1.29 is 19.4 Å². The third kappa shape index (κ3) is 2.84. The number of hydrogen-bond acceptors (Lipinski definition) is 4. The van der Waals surface area contributed by atoms with Crippen molar-refractivity contribution in [3.63, 3.8) is 0 Å². The van der Waals surface area contributed by atoms with E-state index in [1.807, 2.05) is 26.1 Å². The largest absolute Gasteiger partial charge is 0.480 e. The molecule has 6 heteroatoms. The summed E-state index contributed by atoms with van der Waals surface area (Å²) in [6.07, 6.45) is 1.26. The first kappa shape index (κ1) is 16.0. The molecule has 124 valence electrons. The van der Waals surface area contributed by atoms with Gasteiger partial charge in [-0.1, -0.05) is 17.7 Å². The smallest absolute Gasteiger partial charge is 0.328 e. The van der Waals surface area contributed by atoms with Gasteiger partial charge in [-0.15, -0.1) is 0 Å². The van der Waals surface area contributed by atoms with Crippen LogP contribution in [0, 0.1) is 6.92 Å². The van der Waals surface area contributed by atoms with Crippen LogP contribution in [0.3, 0.4) is 0 Å². The van der Waals surface area contributed by atoms with E-state index in [-0.39, 0.29) is 12.5 Å². The summed E-state index contributed by atoms with van der Waals surface area (Å²) in [4.78, 5) is 28.3. The molecule has 1 amide bonds. The Balaban J connectivity index is 1.96. The van der Waals surface area contributed by atoms with Gasteiger partial charge in [-0.2, -0.15) is 0 Å². The van der Waals surface area contributed by atoms with E-state index in [0.717, 1.165) is 18.7 Å². The van der Waals surface area contributed by atoms with Gasteiger partial charge in [0.15, 0.2) is 6.04 Å². The predicted octanol–water partition coefficient (Wildman–Crippen LogP) is 1.34. The van der Waals surface area contributed by atoms with Crippen LogP contribution < -0.4 is 0 Å². The van der Waals surface area contributed by atoms with E-state index in [2.05, 4.69) is 4.90 Å². The number of carboxylic acid groups (broad SMARTS) is 1. The predicted molar refractivity (Wildman–Crippen MR) is 84.2 cm³/mol. The molecule has 0 saturated carbocycles. The minimum atomic E-state index is -1.01. The van der Waals surface area contributed by atoms with Gasteiger partial charge in [-0.25, -0.2) is 4.79 Å². The maximum Gasteiger partial charge on any atom is 0.328 e. The number of hydrogen-bond donors (Lipinski definition) is 1. The molecule has 6 nitrogen and oxygen atoms in total. The zero-order chi connectivity index (χ0) is 16.6. The topological polar surface area (TPSA) is 70.1 Å². The van der Waals surface area contributed by atoms with Crippen LogP contribution in [0.25, 0.3) is 0 Å². The lowest BCUT2D eigenvalue weighted by atomic mass is 9.97. The van der Waals surface area contributed by atoms with Gasteiger partial charge in [0.1, 0.15) is 5.72 Å². The first-order valence-electron chi connectivity index (χ1n) is 7.89. The first-order valence-corrected chi connectivity index (χ1v) is 7.89. The van der Waals surface area contributed by atoms with Gasteiger partial charge < -0.3 is 14.7 Å². The number of ether oxygens (including phenoxy) is 1. The molecule has 23 heavy (non-hydrogen) atoms. The van der Waals surface area contributed by atoms with Gasteiger partial charge in [0.05, 0.1) is 6.61 Å². The van der Waals surface area contributed by atoms with Crippen LogP contribution in [0.4, 0.5) is 0 Å².